The summed E-state index contributed by atoms with van der Waals surface area (Å²) in [6, 6.07) is 18.2. The first-order valence-electron chi connectivity index (χ1n) is 12.2. The van der Waals surface area contributed by atoms with Crippen LogP contribution in [0.1, 0.15) is 18.9 Å². The van der Waals surface area contributed by atoms with Crippen LogP contribution in [0.5, 0.6) is 5.88 Å². The molecule has 2 N–H and O–H groups in total. The number of rotatable bonds is 6. The number of hydrogen-bond acceptors (Lipinski definition) is 8. The fraction of sp³-hybridized carbons (Fsp3) is 0.0714. The second-order valence-corrected chi connectivity index (χ2v) is 10.4. The van der Waals surface area contributed by atoms with Crippen molar-refractivity contribution in [1.29, 1.82) is 0 Å². The topological polar surface area (TPSA) is 124 Å². The number of benzene rings is 3. The van der Waals surface area contributed by atoms with Crippen LogP contribution in [0, 0.1) is 0 Å². The lowest BCUT2D eigenvalue weighted by atomic mass is 10.2. The predicted octanol–water partition coefficient (Wildman–Crippen LogP) is 6.88. The van der Waals surface area contributed by atoms with E-state index >= 15 is 0 Å². The highest BCUT2D eigenvalue weighted by Gasteiger charge is 2.22. The number of urea groups is 1. The minimum absolute atomic E-state index is 0.254. The number of para-hydroxylation sites is 1. The molecule has 3 aromatic carbocycles. The Morgan fingerprint density at radius 2 is 1.78 bits per heavy atom. The molecule has 204 valence electrons. The fourth-order valence-electron chi connectivity index (χ4n) is 4.28. The first kappa shape index (κ1) is 26.6. The SMILES string of the molecule is CC(Oc1ncnc2scnc12)c1nc2cccc(Cl)c2c(=O)n1-c1cccc(NC(=O)Nc2ccccc2Cl)c1. The molecule has 13 heteroatoms. The number of halogens is 2. The molecule has 1 atom stereocenters. The summed E-state index contributed by atoms with van der Waals surface area (Å²) in [6.07, 6.45) is 0.650. The molecule has 1 unspecified atom stereocenters. The Morgan fingerprint density at radius 3 is 2.63 bits per heavy atom. The van der Waals surface area contributed by atoms with E-state index in [1.807, 2.05) is 0 Å². The van der Waals surface area contributed by atoms with Gasteiger partial charge in [-0.15, -0.1) is 11.3 Å². The standard InChI is InChI=1S/C28H19Cl2N7O3S/c1-15(40-25-23-26(32-13-31-25)41-14-33-23)24-35-21-11-5-9-19(30)22(21)27(38)37(24)17-7-4-6-16(12-17)34-28(39)36-20-10-3-2-8-18(20)29/h2-15H,1H3,(H2,34,36,39). The minimum atomic E-state index is -0.744. The normalized spacial score (nSPS) is 11.9. The summed E-state index contributed by atoms with van der Waals surface area (Å²) < 4.78 is 7.60. The lowest BCUT2D eigenvalue weighted by molar-refractivity contribution is 0.207. The molecule has 3 aromatic heterocycles. The zero-order chi connectivity index (χ0) is 28.5. The van der Waals surface area contributed by atoms with E-state index in [0.29, 0.717) is 43.8 Å². The van der Waals surface area contributed by atoms with Gasteiger partial charge in [0.05, 0.1) is 37.8 Å². The minimum Gasteiger partial charge on any atom is -0.465 e. The monoisotopic (exact) mass is 603 g/mol. The second kappa shape index (κ2) is 11.1. The van der Waals surface area contributed by atoms with Crippen molar-refractivity contribution in [3.8, 4) is 11.6 Å². The summed E-state index contributed by atoms with van der Waals surface area (Å²) >= 11 is 14.0. The van der Waals surface area contributed by atoms with E-state index in [9.17, 15) is 9.59 Å². The summed E-state index contributed by atoms with van der Waals surface area (Å²) in [5.74, 6) is 0.562. The van der Waals surface area contributed by atoms with Crippen LogP contribution in [0.2, 0.25) is 10.0 Å². The third-order valence-corrected chi connectivity index (χ3v) is 7.49. The van der Waals surface area contributed by atoms with Gasteiger partial charge in [0.2, 0.25) is 5.88 Å². The zero-order valence-corrected chi connectivity index (χ0v) is 23.5. The number of amides is 2. The van der Waals surface area contributed by atoms with Crippen LogP contribution >= 0.6 is 34.5 Å². The van der Waals surface area contributed by atoms with Gasteiger partial charge >= 0.3 is 6.03 Å². The highest BCUT2D eigenvalue weighted by Crippen LogP contribution is 2.29. The number of nitrogens with zero attached hydrogens (tertiary/aromatic N) is 5. The summed E-state index contributed by atoms with van der Waals surface area (Å²) in [6.45, 7) is 1.76. The Labute approximate surface area is 246 Å². The summed E-state index contributed by atoms with van der Waals surface area (Å²) in [5.41, 5.74) is 3.51. The highest BCUT2D eigenvalue weighted by molar-refractivity contribution is 7.16. The van der Waals surface area contributed by atoms with Gasteiger partial charge in [0.15, 0.2) is 22.3 Å². The molecule has 0 bridgehead atoms. The average Bonchev–Trinajstić information content (AvgIpc) is 3.44. The van der Waals surface area contributed by atoms with Gasteiger partial charge in [0.1, 0.15) is 6.33 Å². The number of fused-ring (bicyclic) bond motifs is 2. The number of nitrogens with one attached hydrogen (secondary N) is 2. The van der Waals surface area contributed by atoms with E-state index in [2.05, 4.69) is 25.6 Å². The molecule has 10 nitrogen and oxygen atoms in total. The number of aromatic nitrogens is 5. The Kier molecular flexibility index (Phi) is 7.23. The molecule has 0 aliphatic carbocycles. The molecule has 6 rings (SSSR count). The third kappa shape index (κ3) is 5.30. The smallest absolute Gasteiger partial charge is 0.323 e. The third-order valence-electron chi connectivity index (χ3n) is 6.11. The molecule has 0 saturated heterocycles. The van der Waals surface area contributed by atoms with Gasteiger partial charge < -0.3 is 15.4 Å². The van der Waals surface area contributed by atoms with E-state index in [4.69, 9.17) is 32.9 Å². The van der Waals surface area contributed by atoms with Gasteiger partial charge in [-0.05, 0) is 49.4 Å². The Hall–Kier alpha value is -4.58. The molecule has 0 aliphatic rings. The summed E-state index contributed by atoms with van der Waals surface area (Å²) in [4.78, 5) is 44.9. The van der Waals surface area contributed by atoms with Crippen molar-refractivity contribution < 1.29 is 9.53 Å². The Balaban J connectivity index is 1.41. The molecule has 0 radical (unpaired) electrons. The van der Waals surface area contributed by atoms with Crippen molar-refractivity contribution in [2.24, 2.45) is 0 Å². The van der Waals surface area contributed by atoms with Crippen LogP contribution in [0.15, 0.2) is 83.4 Å². The number of carbonyl (C=O) groups is 1. The Bertz CT molecular complexity index is 2000. The molecule has 0 aliphatic heterocycles. The maximum Gasteiger partial charge on any atom is 0.323 e. The maximum absolute atomic E-state index is 13.9. The summed E-state index contributed by atoms with van der Waals surface area (Å²) in [5, 5.41) is 6.41. The molecular weight excluding hydrogens is 585 g/mol. The fourth-order valence-corrected chi connectivity index (χ4v) is 5.33. The molecule has 41 heavy (non-hydrogen) atoms. The van der Waals surface area contributed by atoms with Crippen molar-refractivity contribution in [2.75, 3.05) is 10.6 Å². The van der Waals surface area contributed by atoms with Crippen molar-refractivity contribution in [2.45, 2.75) is 13.0 Å². The summed E-state index contributed by atoms with van der Waals surface area (Å²) in [7, 11) is 0. The van der Waals surface area contributed by atoms with Crippen LogP contribution in [-0.4, -0.2) is 30.5 Å². The lowest BCUT2D eigenvalue weighted by Crippen LogP contribution is -2.27. The number of ether oxygens (including phenoxy) is 1. The van der Waals surface area contributed by atoms with Crippen LogP contribution < -0.4 is 20.9 Å². The molecule has 3 heterocycles. The predicted molar refractivity (Wildman–Crippen MR) is 161 cm³/mol. The van der Waals surface area contributed by atoms with Gasteiger partial charge in [-0.1, -0.05) is 47.5 Å². The largest absolute Gasteiger partial charge is 0.465 e. The quantitative estimate of drug-likeness (QED) is 0.213. The lowest BCUT2D eigenvalue weighted by Gasteiger charge is -2.20. The van der Waals surface area contributed by atoms with Gasteiger partial charge in [0, 0.05) is 5.69 Å². The molecule has 6 aromatic rings. The number of anilines is 2. The number of carbonyl (C=O) groups excluding carboxylic acids is 1. The van der Waals surface area contributed by atoms with E-state index < -0.39 is 17.7 Å². The van der Waals surface area contributed by atoms with Crippen LogP contribution in [0.25, 0.3) is 26.9 Å². The van der Waals surface area contributed by atoms with Crippen LogP contribution in [0.4, 0.5) is 16.2 Å². The van der Waals surface area contributed by atoms with Crippen LogP contribution in [0.3, 0.4) is 0 Å². The van der Waals surface area contributed by atoms with E-state index in [0.717, 1.165) is 0 Å². The average molecular weight is 604 g/mol. The van der Waals surface area contributed by atoms with Gasteiger partial charge in [-0.25, -0.2) is 19.7 Å². The van der Waals surface area contributed by atoms with Crippen molar-refractivity contribution >= 4 is 73.2 Å². The molecule has 0 saturated carbocycles. The highest BCUT2D eigenvalue weighted by atomic mass is 35.5. The van der Waals surface area contributed by atoms with Gasteiger partial charge in [0.25, 0.3) is 5.56 Å². The first-order chi connectivity index (χ1) is 19.9. The van der Waals surface area contributed by atoms with E-state index in [1.54, 1.807) is 79.2 Å². The Morgan fingerprint density at radius 1 is 0.976 bits per heavy atom. The van der Waals surface area contributed by atoms with E-state index in [1.165, 1.54) is 22.2 Å². The van der Waals surface area contributed by atoms with Crippen LogP contribution in [-0.2, 0) is 0 Å². The number of hydrogen-bond donors (Lipinski definition) is 2. The maximum atomic E-state index is 13.9. The molecular formula is C28H19Cl2N7O3S. The van der Waals surface area contributed by atoms with E-state index in [-0.39, 0.29) is 16.3 Å². The van der Waals surface area contributed by atoms with Gasteiger partial charge in [-0.2, -0.15) is 4.98 Å². The van der Waals surface area contributed by atoms with Crippen molar-refractivity contribution in [1.82, 2.24) is 24.5 Å². The van der Waals surface area contributed by atoms with Gasteiger partial charge in [-0.3, -0.25) is 9.36 Å². The molecule has 0 spiro atoms. The zero-order valence-electron chi connectivity index (χ0n) is 21.2. The molecule has 0 fully saturated rings. The second-order valence-electron chi connectivity index (χ2n) is 8.80. The van der Waals surface area contributed by atoms with Crippen molar-refractivity contribution in [3.63, 3.8) is 0 Å². The molecule has 2 amide bonds. The first-order valence-corrected chi connectivity index (χ1v) is 13.9. The number of thiazole rings is 1. The van der Waals surface area contributed by atoms with Crippen molar-refractivity contribution in [3.05, 3.63) is 105 Å².